The van der Waals surface area contributed by atoms with Gasteiger partial charge in [0.2, 0.25) is 5.91 Å². The van der Waals surface area contributed by atoms with Crippen LogP contribution in [0, 0.1) is 18.8 Å². The van der Waals surface area contributed by atoms with Crippen LogP contribution in [0.2, 0.25) is 0 Å². The van der Waals surface area contributed by atoms with Crippen molar-refractivity contribution in [1.82, 2.24) is 14.8 Å². The lowest BCUT2D eigenvalue weighted by molar-refractivity contribution is -0.131. The van der Waals surface area contributed by atoms with E-state index in [1.807, 2.05) is 21.9 Å². The fraction of sp³-hybridized carbons (Fsp3) is 0.368. The molecule has 0 aliphatic carbocycles. The lowest BCUT2D eigenvalue weighted by Crippen LogP contribution is -2.35. The Morgan fingerprint density at radius 2 is 2.08 bits per heavy atom. The number of benzene rings is 1. The molecule has 24 heavy (non-hydrogen) atoms. The maximum absolute atomic E-state index is 12.7. The first kappa shape index (κ1) is 15.0. The largest absolute Gasteiger partial charge is 0.357 e. The number of fused-ring (bicyclic) bond motifs is 1. The molecule has 0 radical (unpaired) electrons. The first-order chi connectivity index (χ1) is 11.6. The molecule has 2 saturated heterocycles. The van der Waals surface area contributed by atoms with Gasteiger partial charge in [-0.25, -0.2) is 0 Å². The van der Waals surface area contributed by atoms with E-state index in [4.69, 9.17) is 0 Å². The first-order valence-electron chi connectivity index (χ1n) is 8.39. The summed E-state index contributed by atoms with van der Waals surface area (Å²) in [7, 11) is 0. The summed E-state index contributed by atoms with van der Waals surface area (Å²) in [4.78, 5) is 31.8. The van der Waals surface area contributed by atoms with Gasteiger partial charge < -0.3 is 14.8 Å². The molecule has 0 bridgehead atoms. The second-order valence-corrected chi connectivity index (χ2v) is 6.87. The maximum Gasteiger partial charge on any atom is 0.270 e. The highest BCUT2D eigenvalue weighted by atomic mass is 16.2. The van der Waals surface area contributed by atoms with Crippen LogP contribution in [0.15, 0.2) is 42.6 Å². The van der Waals surface area contributed by atoms with Crippen LogP contribution in [0.1, 0.15) is 21.6 Å². The molecule has 2 aromatic rings. The highest BCUT2D eigenvalue weighted by Crippen LogP contribution is 2.33. The SMILES string of the molecule is Cc1cccc(CN2C[C@@H]3CN(C(=O)c4ccc[nH]4)C[C@H]3C2=O)c1. The average Bonchev–Trinajstić information content (AvgIpc) is 3.27. The number of nitrogens with one attached hydrogen (secondary N) is 1. The minimum absolute atomic E-state index is 0.00701. The zero-order valence-electron chi connectivity index (χ0n) is 13.7. The lowest BCUT2D eigenvalue weighted by atomic mass is 10.0. The standard InChI is InChI=1S/C19H21N3O2/c1-13-4-2-5-14(8-13)9-21-10-15-11-22(12-16(15)18(21)23)19(24)17-6-3-7-20-17/h2-8,15-16,20H,9-12H2,1H3/t15-,16-/m1/s1. The number of hydrogen-bond acceptors (Lipinski definition) is 2. The van der Waals surface area contributed by atoms with Gasteiger partial charge in [0.1, 0.15) is 5.69 Å². The van der Waals surface area contributed by atoms with Crippen LogP contribution >= 0.6 is 0 Å². The smallest absolute Gasteiger partial charge is 0.270 e. The fourth-order valence-electron chi connectivity index (χ4n) is 3.92. The molecule has 0 saturated carbocycles. The van der Waals surface area contributed by atoms with E-state index in [1.54, 1.807) is 12.3 Å². The summed E-state index contributed by atoms with van der Waals surface area (Å²) in [5, 5.41) is 0. The second-order valence-electron chi connectivity index (χ2n) is 6.87. The van der Waals surface area contributed by atoms with Crippen LogP contribution in [0.5, 0.6) is 0 Å². The first-order valence-corrected chi connectivity index (χ1v) is 8.39. The van der Waals surface area contributed by atoms with Crippen molar-refractivity contribution in [3.05, 3.63) is 59.4 Å². The number of H-pyrrole nitrogens is 1. The fourth-order valence-corrected chi connectivity index (χ4v) is 3.92. The zero-order chi connectivity index (χ0) is 16.7. The van der Waals surface area contributed by atoms with Crippen molar-refractivity contribution in [2.75, 3.05) is 19.6 Å². The van der Waals surface area contributed by atoms with Gasteiger partial charge in [-0.2, -0.15) is 0 Å². The van der Waals surface area contributed by atoms with Crippen LogP contribution < -0.4 is 0 Å². The van der Waals surface area contributed by atoms with Crippen molar-refractivity contribution in [3.8, 4) is 0 Å². The van der Waals surface area contributed by atoms with E-state index in [2.05, 4.69) is 30.1 Å². The van der Waals surface area contributed by atoms with E-state index >= 15 is 0 Å². The number of likely N-dealkylation sites (tertiary alicyclic amines) is 2. The van der Waals surface area contributed by atoms with E-state index in [1.165, 1.54) is 11.1 Å². The Hall–Kier alpha value is -2.56. The van der Waals surface area contributed by atoms with Crippen molar-refractivity contribution < 1.29 is 9.59 Å². The quantitative estimate of drug-likeness (QED) is 0.940. The van der Waals surface area contributed by atoms with Gasteiger partial charge in [0.15, 0.2) is 0 Å². The number of aromatic nitrogens is 1. The Morgan fingerprint density at radius 1 is 1.21 bits per heavy atom. The molecule has 1 aromatic carbocycles. The minimum atomic E-state index is -0.0475. The van der Waals surface area contributed by atoms with Crippen molar-refractivity contribution in [3.63, 3.8) is 0 Å². The molecule has 2 atom stereocenters. The number of amides is 2. The summed E-state index contributed by atoms with van der Waals surface area (Å²) in [5.74, 6) is 0.380. The maximum atomic E-state index is 12.7. The normalized spacial score (nSPS) is 23.0. The molecular weight excluding hydrogens is 302 g/mol. The Kier molecular flexibility index (Phi) is 3.63. The summed E-state index contributed by atoms with van der Waals surface area (Å²) in [6, 6.07) is 11.9. The minimum Gasteiger partial charge on any atom is -0.357 e. The number of nitrogens with zero attached hydrogens (tertiary/aromatic N) is 2. The summed E-state index contributed by atoms with van der Waals surface area (Å²) in [5.41, 5.74) is 2.98. The van der Waals surface area contributed by atoms with Crippen molar-refractivity contribution in [1.29, 1.82) is 0 Å². The van der Waals surface area contributed by atoms with E-state index < -0.39 is 0 Å². The molecule has 0 unspecified atom stereocenters. The van der Waals surface area contributed by atoms with Crippen LogP contribution in [0.25, 0.3) is 0 Å². The number of aromatic amines is 1. The van der Waals surface area contributed by atoms with Gasteiger partial charge in [-0.05, 0) is 24.6 Å². The molecule has 5 heteroatoms. The highest BCUT2D eigenvalue weighted by Gasteiger charge is 2.47. The Bertz CT molecular complexity index is 769. The van der Waals surface area contributed by atoms with Gasteiger partial charge >= 0.3 is 0 Å². The van der Waals surface area contributed by atoms with E-state index in [-0.39, 0.29) is 23.7 Å². The molecule has 124 valence electrons. The van der Waals surface area contributed by atoms with Crippen molar-refractivity contribution in [2.24, 2.45) is 11.8 Å². The monoisotopic (exact) mass is 323 g/mol. The predicted molar refractivity (Wildman–Crippen MR) is 90.3 cm³/mol. The Balaban J connectivity index is 1.42. The summed E-state index contributed by atoms with van der Waals surface area (Å²) < 4.78 is 0. The van der Waals surface area contributed by atoms with E-state index in [0.29, 0.717) is 25.3 Å². The van der Waals surface area contributed by atoms with E-state index in [0.717, 1.165) is 6.54 Å². The molecule has 0 spiro atoms. The highest BCUT2D eigenvalue weighted by molar-refractivity contribution is 5.93. The molecule has 2 amide bonds. The van der Waals surface area contributed by atoms with Gasteiger partial charge in [-0.3, -0.25) is 9.59 Å². The lowest BCUT2D eigenvalue weighted by Gasteiger charge is -2.22. The van der Waals surface area contributed by atoms with Gasteiger partial charge in [-0.15, -0.1) is 0 Å². The van der Waals surface area contributed by atoms with Crippen molar-refractivity contribution >= 4 is 11.8 Å². The third-order valence-electron chi connectivity index (χ3n) is 5.10. The number of hydrogen-bond donors (Lipinski definition) is 1. The van der Waals surface area contributed by atoms with Crippen LogP contribution in [0.3, 0.4) is 0 Å². The molecular formula is C19H21N3O2. The van der Waals surface area contributed by atoms with Gasteiger partial charge in [0, 0.05) is 38.3 Å². The Morgan fingerprint density at radius 3 is 2.79 bits per heavy atom. The third-order valence-corrected chi connectivity index (χ3v) is 5.10. The molecule has 3 heterocycles. The third kappa shape index (κ3) is 2.60. The van der Waals surface area contributed by atoms with Gasteiger partial charge in [0.25, 0.3) is 5.91 Å². The molecule has 2 fully saturated rings. The number of carbonyl (C=O) groups excluding carboxylic acids is 2. The Labute approximate surface area is 141 Å². The summed E-state index contributed by atoms with van der Waals surface area (Å²) in [6.45, 7) is 4.67. The number of aryl methyl sites for hydroxylation is 1. The molecule has 4 rings (SSSR count). The zero-order valence-corrected chi connectivity index (χ0v) is 13.7. The van der Waals surface area contributed by atoms with Crippen molar-refractivity contribution in [2.45, 2.75) is 13.5 Å². The topological polar surface area (TPSA) is 56.4 Å². The molecule has 2 aliphatic rings. The molecule has 1 N–H and O–H groups in total. The predicted octanol–water partition coefficient (Wildman–Crippen LogP) is 2.05. The van der Waals surface area contributed by atoms with Crippen LogP contribution in [-0.2, 0) is 11.3 Å². The van der Waals surface area contributed by atoms with Crippen LogP contribution in [0.4, 0.5) is 0 Å². The number of rotatable bonds is 3. The summed E-state index contributed by atoms with van der Waals surface area (Å²) in [6.07, 6.45) is 1.75. The second kappa shape index (κ2) is 5.82. The molecule has 2 aliphatic heterocycles. The van der Waals surface area contributed by atoms with Gasteiger partial charge in [-0.1, -0.05) is 29.8 Å². The van der Waals surface area contributed by atoms with Gasteiger partial charge in [0.05, 0.1) is 5.92 Å². The molecule has 1 aromatic heterocycles. The molecule has 5 nitrogen and oxygen atoms in total. The van der Waals surface area contributed by atoms with Crippen LogP contribution in [-0.4, -0.2) is 46.2 Å². The van der Waals surface area contributed by atoms with E-state index in [9.17, 15) is 9.59 Å². The number of carbonyl (C=O) groups is 2. The average molecular weight is 323 g/mol. The summed E-state index contributed by atoms with van der Waals surface area (Å²) >= 11 is 0.